The van der Waals surface area contributed by atoms with Crippen LogP contribution in [0.25, 0.3) is 0 Å². The number of hydrogen-bond acceptors (Lipinski definition) is 4. The number of methoxy groups -OCH3 is 1. The van der Waals surface area contributed by atoms with Crippen molar-refractivity contribution in [1.29, 1.82) is 0 Å². The predicted octanol–water partition coefficient (Wildman–Crippen LogP) is 2.31. The molecule has 0 spiro atoms. The second-order valence-electron chi connectivity index (χ2n) is 4.16. The maximum absolute atomic E-state index is 12.6. The summed E-state index contributed by atoms with van der Waals surface area (Å²) in [6, 6.07) is 0.339. The Balaban J connectivity index is 3.12. The average Bonchev–Trinajstić information content (AvgIpc) is 2.79. The fourth-order valence-electron chi connectivity index (χ4n) is 1.62. The summed E-state index contributed by atoms with van der Waals surface area (Å²) in [5, 5.41) is 6.14. The maximum atomic E-state index is 12.6. The van der Waals surface area contributed by atoms with Crippen molar-refractivity contribution in [3.05, 3.63) is 11.8 Å². The van der Waals surface area contributed by atoms with Crippen molar-refractivity contribution >= 4 is 11.8 Å². The van der Waals surface area contributed by atoms with E-state index in [4.69, 9.17) is 0 Å². The van der Waals surface area contributed by atoms with Crippen LogP contribution in [0.1, 0.15) is 25.6 Å². The number of esters is 1. The van der Waals surface area contributed by atoms with Gasteiger partial charge in [-0.3, -0.25) is 4.79 Å². The van der Waals surface area contributed by atoms with Gasteiger partial charge in [0.25, 0.3) is 0 Å². The number of aromatic nitrogens is 2. The van der Waals surface area contributed by atoms with Crippen molar-refractivity contribution in [2.75, 3.05) is 19.5 Å². The van der Waals surface area contributed by atoms with E-state index in [1.165, 1.54) is 14.2 Å². The van der Waals surface area contributed by atoms with Crippen molar-refractivity contribution in [3.63, 3.8) is 0 Å². The molecule has 1 aromatic heterocycles. The topological polar surface area (TPSA) is 56.2 Å². The summed E-state index contributed by atoms with van der Waals surface area (Å²) in [4.78, 5) is 11.4. The first-order valence-electron chi connectivity index (χ1n) is 5.64. The van der Waals surface area contributed by atoms with Gasteiger partial charge in [0.05, 0.1) is 19.1 Å². The monoisotopic (exact) mass is 279 g/mol. The first kappa shape index (κ1) is 15.3. The molecule has 19 heavy (non-hydrogen) atoms. The molecular formula is C11H16F3N3O2. The van der Waals surface area contributed by atoms with E-state index in [1.54, 1.807) is 13.8 Å². The maximum Gasteiger partial charge on any atom is 0.435 e. The molecule has 0 bridgehead atoms. The minimum atomic E-state index is -4.52. The van der Waals surface area contributed by atoms with E-state index in [9.17, 15) is 18.0 Å². The van der Waals surface area contributed by atoms with Gasteiger partial charge in [0.1, 0.15) is 5.82 Å². The smallest absolute Gasteiger partial charge is 0.435 e. The summed E-state index contributed by atoms with van der Waals surface area (Å²) in [6.45, 7) is 3.18. The van der Waals surface area contributed by atoms with Crippen LogP contribution in [0.4, 0.5) is 19.0 Å². The van der Waals surface area contributed by atoms with Crippen LogP contribution in [-0.4, -0.2) is 29.9 Å². The highest BCUT2D eigenvalue weighted by atomic mass is 19.4. The molecule has 1 N–H and O–H groups in total. The number of rotatable bonds is 4. The number of alkyl halides is 3. The summed E-state index contributed by atoms with van der Waals surface area (Å²) in [6.07, 6.45) is -4.52. The van der Waals surface area contributed by atoms with Crippen molar-refractivity contribution in [2.45, 2.75) is 26.1 Å². The number of anilines is 1. The molecule has 0 radical (unpaired) electrons. The second kappa shape index (κ2) is 5.50. The van der Waals surface area contributed by atoms with Crippen molar-refractivity contribution in [1.82, 2.24) is 9.78 Å². The molecule has 1 aromatic rings. The standard InChI is InChI=1S/C11H16F3N3O2/c1-6(10(18)19-4)7(2)17-9(15-3)5-8(16-17)11(12,13)14/h5-7,15H,1-4H3/t6?,7-/m1/s1. The van der Waals surface area contributed by atoms with Gasteiger partial charge in [0.15, 0.2) is 5.69 Å². The lowest BCUT2D eigenvalue weighted by Gasteiger charge is -2.20. The Morgan fingerprint density at radius 3 is 2.47 bits per heavy atom. The van der Waals surface area contributed by atoms with Gasteiger partial charge in [-0.1, -0.05) is 0 Å². The number of carbonyl (C=O) groups is 1. The zero-order chi connectivity index (χ0) is 14.8. The third-order valence-corrected chi connectivity index (χ3v) is 2.96. The Hall–Kier alpha value is -1.73. The molecule has 2 atom stereocenters. The third-order valence-electron chi connectivity index (χ3n) is 2.96. The van der Waals surface area contributed by atoms with Crippen LogP contribution in [0, 0.1) is 5.92 Å². The first-order valence-corrected chi connectivity index (χ1v) is 5.64. The Labute approximate surface area is 108 Å². The number of hydrogen-bond donors (Lipinski definition) is 1. The van der Waals surface area contributed by atoms with E-state index < -0.39 is 29.8 Å². The van der Waals surface area contributed by atoms with Crippen LogP contribution in [0.2, 0.25) is 0 Å². The lowest BCUT2D eigenvalue weighted by molar-refractivity contribution is -0.146. The number of ether oxygens (including phenoxy) is 1. The Morgan fingerprint density at radius 1 is 1.47 bits per heavy atom. The van der Waals surface area contributed by atoms with Crippen molar-refractivity contribution in [2.24, 2.45) is 5.92 Å². The minimum absolute atomic E-state index is 0.190. The molecule has 0 aliphatic rings. The fraction of sp³-hybridized carbons (Fsp3) is 0.636. The van der Waals surface area contributed by atoms with Crippen LogP contribution >= 0.6 is 0 Å². The lowest BCUT2D eigenvalue weighted by Crippen LogP contribution is -2.25. The van der Waals surface area contributed by atoms with Crippen LogP contribution in [0.15, 0.2) is 6.07 Å². The summed E-state index contributed by atoms with van der Waals surface area (Å²) < 4.78 is 43.6. The van der Waals surface area contributed by atoms with E-state index in [-0.39, 0.29) is 5.82 Å². The number of nitrogens with one attached hydrogen (secondary N) is 1. The van der Waals surface area contributed by atoms with Gasteiger partial charge in [0.2, 0.25) is 0 Å². The van der Waals surface area contributed by atoms with Crippen LogP contribution in [0.3, 0.4) is 0 Å². The van der Waals surface area contributed by atoms with E-state index in [0.29, 0.717) is 0 Å². The van der Waals surface area contributed by atoms with Gasteiger partial charge in [0, 0.05) is 13.1 Å². The summed E-state index contributed by atoms with van der Waals surface area (Å²) >= 11 is 0. The second-order valence-corrected chi connectivity index (χ2v) is 4.16. The van der Waals surface area contributed by atoms with Gasteiger partial charge < -0.3 is 10.1 Å². The van der Waals surface area contributed by atoms with Crippen LogP contribution in [-0.2, 0) is 15.7 Å². The minimum Gasteiger partial charge on any atom is -0.469 e. The Bertz CT molecular complexity index is 457. The molecule has 0 aromatic carbocycles. The molecule has 1 heterocycles. The van der Waals surface area contributed by atoms with E-state index in [2.05, 4.69) is 15.2 Å². The molecule has 0 saturated heterocycles. The zero-order valence-corrected chi connectivity index (χ0v) is 11.1. The molecule has 0 amide bonds. The normalized spacial score (nSPS) is 14.9. The van der Waals surface area contributed by atoms with E-state index >= 15 is 0 Å². The highest BCUT2D eigenvalue weighted by Crippen LogP contribution is 2.32. The van der Waals surface area contributed by atoms with E-state index in [0.717, 1.165) is 10.7 Å². The first-order chi connectivity index (χ1) is 8.72. The number of halogens is 3. The number of nitrogens with zero attached hydrogens (tertiary/aromatic N) is 2. The van der Waals surface area contributed by atoms with Crippen LogP contribution < -0.4 is 5.32 Å². The zero-order valence-electron chi connectivity index (χ0n) is 11.1. The van der Waals surface area contributed by atoms with E-state index in [1.807, 2.05) is 0 Å². The molecule has 5 nitrogen and oxygen atoms in total. The fourth-order valence-corrected chi connectivity index (χ4v) is 1.62. The molecule has 8 heteroatoms. The Morgan fingerprint density at radius 2 is 2.05 bits per heavy atom. The molecule has 0 aliphatic carbocycles. The SMILES string of the molecule is CNc1cc(C(F)(F)F)nn1[C@H](C)C(C)C(=O)OC. The van der Waals surface area contributed by atoms with Gasteiger partial charge in [-0.2, -0.15) is 18.3 Å². The Kier molecular flexibility index (Phi) is 4.43. The van der Waals surface area contributed by atoms with Gasteiger partial charge in [-0.25, -0.2) is 4.68 Å². The molecule has 0 aliphatic heterocycles. The lowest BCUT2D eigenvalue weighted by atomic mass is 10.0. The average molecular weight is 279 g/mol. The molecular weight excluding hydrogens is 263 g/mol. The molecule has 1 unspecified atom stereocenters. The van der Waals surface area contributed by atoms with Crippen LogP contribution in [0.5, 0.6) is 0 Å². The summed E-state index contributed by atoms with van der Waals surface area (Å²) in [5.74, 6) is -0.924. The highest BCUT2D eigenvalue weighted by molar-refractivity contribution is 5.72. The quantitative estimate of drug-likeness (QED) is 0.859. The largest absolute Gasteiger partial charge is 0.469 e. The molecule has 0 saturated carbocycles. The summed E-state index contributed by atoms with van der Waals surface area (Å²) in [7, 11) is 2.72. The summed E-state index contributed by atoms with van der Waals surface area (Å²) in [5.41, 5.74) is -0.999. The highest BCUT2D eigenvalue weighted by Gasteiger charge is 2.36. The van der Waals surface area contributed by atoms with Gasteiger partial charge in [-0.15, -0.1) is 0 Å². The van der Waals surface area contributed by atoms with Crippen molar-refractivity contribution in [3.8, 4) is 0 Å². The van der Waals surface area contributed by atoms with Gasteiger partial charge >= 0.3 is 12.1 Å². The third kappa shape index (κ3) is 3.18. The molecule has 108 valence electrons. The molecule has 1 rings (SSSR count). The van der Waals surface area contributed by atoms with Crippen molar-refractivity contribution < 1.29 is 22.7 Å². The van der Waals surface area contributed by atoms with Gasteiger partial charge in [-0.05, 0) is 13.8 Å². The number of carbonyl (C=O) groups excluding carboxylic acids is 1. The molecule has 0 fully saturated rings. The predicted molar refractivity (Wildman–Crippen MR) is 62.7 cm³/mol.